The molecule has 2 rings (SSSR count). The van der Waals surface area contributed by atoms with Gasteiger partial charge >= 0.3 is 6.01 Å². The number of nitrogens with one attached hydrogen (secondary N) is 2. The van der Waals surface area contributed by atoms with E-state index in [-0.39, 0.29) is 0 Å². The summed E-state index contributed by atoms with van der Waals surface area (Å²) >= 11 is 0. The van der Waals surface area contributed by atoms with Gasteiger partial charge in [-0.1, -0.05) is 5.16 Å². The minimum Gasteiger partial charge on any atom is -0.330 e. The molecule has 0 aliphatic rings. The number of nitrogens with zero attached hydrogens (tertiary/aromatic N) is 4. The summed E-state index contributed by atoms with van der Waals surface area (Å²) < 4.78 is 4.83. The summed E-state index contributed by atoms with van der Waals surface area (Å²) in [7, 11) is 0. The maximum Gasteiger partial charge on any atom is 0.321 e. The number of hydrogen-bond donors (Lipinski definition) is 2. The lowest BCUT2D eigenvalue weighted by Gasteiger charge is -1.94. The normalized spacial score (nSPS) is 10.2. The topological polar surface area (TPSA) is 92.5 Å². The highest BCUT2D eigenvalue weighted by molar-refractivity contribution is 5.18. The minimum atomic E-state index is 0.383. The van der Waals surface area contributed by atoms with Crippen molar-refractivity contribution in [1.29, 1.82) is 0 Å². The Morgan fingerprint density at radius 3 is 3.15 bits per heavy atom. The lowest BCUT2D eigenvalue weighted by atomic mass is 10.6. The average Bonchev–Trinajstić information content (AvgIpc) is 2.71. The fraction of sp³-hybridized carbons (Fsp3) is 0.333. The molecule has 2 aromatic heterocycles. The van der Waals surface area contributed by atoms with Crippen LogP contribution in [0.4, 0.5) is 6.01 Å². The quantitative estimate of drug-likeness (QED) is 0.696. The molecular formula is C6H8N6O. The molecule has 68 valence electrons. The Labute approximate surface area is 73.6 Å². The van der Waals surface area contributed by atoms with E-state index < -0.39 is 0 Å². The number of hydrogen-bond acceptors (Lipinski definition) is 6. The third-order valence-electron chi connectivity index (χ3n) is 1.40. The van der Waals surface area contributed by atoms with E-state index >= 15 is 0 Å². The highest BCUT2D eigenvalue weighted by Gasteiger charge is 2.01. The van der Waals surface area contributed by atoms with Crippen molar-refractivity contribution in [2.45, 2.75) is 13.5 Å². The van der Waals surface area contributed by atoms with Crippen molar-refractivity contribution in [3.63, 3.8) is 0 Å². The summed E-state index contributed by atoms with van der Waals surface area (Å²) in [5.74, 6) is 1.32. The lowest BCUT2D eigenvalue weighted by molar-refractivity contribution is 0.425. The van der Waals surface area contributed by atoms with E-state index in [4.69, 9.17) is 4.52 Å². The van der Waals surface area contributed by atoms with Crippen molar-refractivity contribution >= 4 is 6.01 Å². The van der Waals surface area contributed by atoms with Crippen molar-refractivity contribution in [2.24, 2.45) is 0 Å². The highest BCUT2D eigenvalue weighted by atomic mass is 16.5. The van der Waals surface area contributed by atoms with E-state index in [1.54, 1.807) is 6.92 Å². The maximum absolute atomic E-state index is 4.83. The predicted octanol–water partition coefficient (Wildman–Crippen LogP) is 0.108. The third kappa shape index (κ3) is 1.81. The molecule has 0 aliphatic carbocycles. The van der Waals surface area contributed by atoms with Crippen molar-refractivity contribution < 1.29 is 4.52 Å². The molecule has 0 atom stereocenters. The van der Waals surface area contributed by atoms with Crippen molar-refractivity contribution in [3.8, 4) is 0 Å². The van der Waals surface area contributed by atoms with Gasteiger partial charge in [-0.25, -0.2) is 4.98 Å². The van der Waals surface area contributed by atoms with Crippen LogP contribution < -0.4 is 5.32 Å². The van der Waals surface area contributed by atoms with Crippen LogP contribution in [0, 0.1) is 6.92 Å². The molecule has 0 unspecified atom stereocenters. The van der Waals surface area contributed by atoms with E-state index in [9.17, 15) is 0 Å². The van der Waals surface area contributed by atoms with Gasteiger partial charge in [-0.2, -0.15) is 10.1 Å². The van der Waals surface area contributed by atoms with Crippen LogP contribution in [-0.2, 0) is 6.54 Å². The molecule has 0 spiro atoms. The molecule has 0 aromatic carbocycles. The van der Waals surface area contributed by atoms with E-state index in [0.29, 0.717) is 18.4 Å². The Kier molecular flexibility index (Phi) is 1.91. The third-order valence-corrected chi connectivity index (χ3v) is 1.40. The second-order valence-electron chi connectivity index (χ2n) is 2.43. The zero-order chi connectivity index (χ0) is 9.10. The fourth-order valence-corrected chi connectivity index (χ4v) is 0.844. The van der Waals surface area contributed by atoms with Crippen LogP contribution in [-0.4, -0.2) is 25.3 Å². The first-order chi connectivity index (χ1) is 6.34. The Morgan fingerprint density at radius 1 is 1.62 bits per heavy atom. The molecule has 2 aromatic rings. The van der Waals surface area contributed by atoms with E-state index in [2.05, 4.69) is 30.6 Å². The van der Waals surface area contributed by atoms with Gasteiger partial charge in [0.25, 0.3) is 0 Å². The number of rotatable bonds is 3. The summed E-state index contributed by atoms with van der Waals surface area (Å²) in [5, 5.41) is 12.9. The van der Waals surface area contributed by atoms with Gasteiger partial charge in [0, 0.05) is 0 Å². The van der Waals surface area contributed by atoms with Crippen LogP contribution in [0.3, 0.4) is 0 Å². The van der Waals surface area contributed by atoms with E-state index in [0.717, 1.165) is 5.82 Å². The molecule has 0 fully saturated rings. The minimum absolute atomic E-state index is 0.383. The molecule has 2 N–H and O–H groups in total. The molecule has 0 aliphatic heterocycles. The summed E-state index contributed by atoms with van der Waals surface area (Å²) in [6.07, 6.45) is 1.44. The predicted molar refractivity (Wildman–Crippen MR) is 42.7 cm³/mol. The smallest absolute Gasteiger partial charge is 0.321 e. The van der Waals surface area contributed by atoms with Crippen LogP contribution in [0.25, 0.3) is 0 Å². The lowest BCUT2D eigenvalue weighted by Crippen LogP contribution is -2.01. The van der Waals surface area contributed by atoms with Crippen LogP contribution in [0.1, 0.15) is 11.6 Å². The molecule has 7 heteroatoms. The number of aromatic nitrogens is 5. The van der Waals surface area contributed by atoms with Gasteiger partial charge in [-0.3, -0.25) is 5.10 Å². The largest absolute Gasteiger partial charge is 0.330 e. The molecule has 0 saturated heterocycles. The standard InChI is InChI=1S/C6H8N6O/c1-4-10-6(13-12-4)7-2-5-8-3-9-11-5/h3H,2H2,1H3,(H,7,10,12)(H,8,9,11). The second-order valence-corrected chi connectivity index (χ2v) is 2.43. The zero-order valence-corrected chi connectivity index (χ0v) is 6.98. The summed E-state index contributed by atoms with van der Waals surface area (Å²) in [6, 6.07) is 0.383. The second kappa shape index (κ2) is 3.21. The van der Waals surface area contributed by atoms with Gasteiger partial charge in [0.05, 0.1) is 6.54 Å². The maximum atomic E-state index is 4.83. The Hall–Kier alpha value is -1.92. The van der Waals surface area contributed by atoms with Gasteiger partial charge in [0.2, 0.25) is 0 Å². The van der Waals surface area contributed by atoms with Crippen molar-refractivity contribution in [3.05, 3.63) is 18.0 Å². The summed E-state index contributed by atoms with van der Waals surface area (Å²) in [6.45, 7) is 2.24. The van der Waals surface area contributed by atoms with E-state index in [1.807, 2.05) is 0 Å². The number of anilines is 1. The Balaban J connectivity index is 1.93. The SMILES string of the molecule is Cc1noc(NCc2ncn[nH]2)n1. The van der Waals surface area contributed by atoms with Gasteiger partial charge < -0.3 is 9.84 Å². The van der Waals surface area contributed by atoms with Crippen molar-refractivity contribution in [2.75, 3.05) is 5.32 Å². The average molecular weight is 180 g/mol. The van der Waals surface area contributed by atoms with Gasteiger partial charge in [-0.05, 0) is 6.92 Å². The van der Waals surface area contributed by atoms with Crippen LogP contribution >= 0.6 is 0 Å². The van der Waals surface area contributed by atoms with E-state index in [1.165, 1.54) is 6.33 Å². The number of H-pyrrole nitrogens is 1. The highest BCUT2D eigenvalue weighted by Crippen LogP contribution is 2.02. The summed E-state index contributed by atoms with van der Waals surface area (Å²) in [4.78, 5) is 7.88. The number of aromatic amines is 1. The first-order valence-electron chi connectivity index (χ1n) is 3.73. The van der Waals surface area contributed by atoms with Crippen LogP contribution in [0.15, 0.2) is 10.9 Å². The molecule has 0 bridgehead atoms. The fourth-order valence-electron chi connectivity index (χ4n) is 0.844. The molecule has 7 nitrogen and oxygen atoms in total. The monoisotopic (exact) mass is 180 g/mol. The molecule has 0 radical (unpaired) electrons. The number of aryl methyl sites for hydroxylation is 1. The van der Waals surface area contributed by atoms with Crippen LogP contribution in [0.2, 0.25) is 0 Å². The molecular weight excluding hydrogens is 172 g/mol. The molecule has 13 heavy (non-hydrogen) atoms. The molecule has 0 saturated carbocycles. The van der Waals surface area contributed by atoms with Crippen molar-refractivity contribution in [1.82, 2.24) is 25.3 Å². The Bertz CT molecular complexity index is 366. The first kappa shape index (κ1) is 7.71. The van der Waals surface area contributed by atoms with Crippen LogP contribution in [0.5, 0.6) is 0 Å². The summed E-state index contributed by atoms with van der Waals surface area (Å²) in [5.41, 5.74) is 0. The van der Waals surface area contributed by atoms with Gasteiger partial charge in [-0.15, -0.1) is 0 Å². The van der Waals surface area contributed by atoms with Gasteiger partial charge in [0.1, 0.15) is 12.2 Å². The first-order valence-corrected chi connectivity index (χ1v) is 3.73. The zero-order valence-electron chi connectivity index (χ0n) is 6.98. The molecule has 0 amide bonds. The molecule has 2 heterocycles. The van der Waals surface area contributed by atoms with Gasteiger partial charge in [0.15, 0.2) is 5.82 Å². The Morgan fingerprint density at radius 2 is 2.54 bits per heavy atom.